The van der Waals surface area contributed by atoms with E-state index >= 15 is 0 Å². The molecule has 3 saturated heterocycles. The van der Waals surface area contributed by atoms with E-state index in [1.165, 1.54) is 4.90 Å². The molecule has 9 nitrogen and oxygen atoms in total. The normalized spacial score (nSPS) is 23.7. The van der Waals surface area contributed by atoms with Gasteiger partial charge in [-0.25, -0.2) is 0 Å². The average molecular weight is 661 g/mol. The predicted octanol–water partition coefficient (Wildman–Crippen LogP) is 6.03. The third-order valence-corrected chi connectivity index (χ3v) is 10.2. The standard InChI is InChI=1S/C40H40N2O7/c43-26-27-8-10-30(11-9-27)36-23-33(25-41-18-16-40(17-19-41)46-20-21-47-40)48-39(49-36)31-14-12-29(13-15-31)32-5-3-4-28(22-32)24-42-37(44)34-6-1-2-7-35(34)38(42)45/h1-15,22,33,36,39,43H,16-21,23-26H2/t33-,36+,39+/m1/s1. The number of benzene rings is 4. The first-order valence-corrected chi connectivity index (χ1v) is 17.1. The first-order valence-electron chi connectivity index (χ1n) is 17.1. The molecule has 1 N–H and O–H groups in total. The van der Waals surface area contributed by atoms with E-state index in [4.69, 9.17) is 18.9 Å². The second-order valence-electron chi connectivity index (χ2n) is 13.3. The highest BCUT2D eigenvalue weighted by Gasteiger charge is 2.41. The van der Waals surface area contributed by atoms with Gasteiger partial charge in [-0.3, -0.25) is 14.5 Å². The minimum Gasteiger partial charge on any atom is -0.392 e. The van der Waals surface area contributed by atoms with E-state index in [1.54, 1.807) is 24.3 Å². The maximum absolute atomic E-state index is 12.9. The second kappa shape index (κ2) is 13.6. The molecule has 0 saturated carbocycles. The molecular weight excluding hydrogens is 620 g/mol. The van der Waals surface area contributed by atoms with Crippen molar-refractivity contribution < 1.29 is 33.6 Å². The van der Waals surface area contributed by atoms with Crippen LogP contribution in [-0.2, 0) is 32.1 Å². The number of carbonyl (C=O) groups excluding carboxylic acids is 2. The van der Waals surface area contributed by atoms with Crippen LogP contribution in [0, 0.1) is 0 Å². The lowest BCUT2D eigenvalue weighted by Gasteiger charge is -2.41. The van der Waals surface area contributed by atoms with Gasteiger partial charge in [0, 0.05) is 44.5 Å². The lowest BCUT2D eigenvalue weighted by Crippen LogP contribution is -2.48. The summed E-state index contributed by atoms with van der Waals surface area (Å²) >= 11 is 0. The van der Waals surface area contributed by atoms with Crippen LogP contribution in [0.4, 0.5) is 0 Å². The maximum Gasteiger partial charge on any atom is 0.261 e. The number of likely N-dealkylation sites (tertiary alicyclic amines) is 1. The molecule has 9 heteroatoms. The Morgan fingerprint density at radius 2 is 1.39 bits per heavy atom. The van der Waals surface area contributed by atoms with Crippen molar-refractivity contribution in [2.24, 2.45) is 0 Å². The second-order valence-corrected chi connectivity index (χ2v) is 13.3. The molecule has 4 aromatic carbocycles. The molecule has 4 aliphatic rings. The summed E-state index contributed by atoms with van der Waals surface area (Å²) in [6.45, 7) is 4.12. The fraction of sp³-hybridized carbons (Fsp3) is 0.350. The third kappa shape index (κ3) is 6.58. The first kappa shape index (κ1) is 32.0. The molecule has 3 atom stereocenters. The molecule has 252 valence electrons. The van der Waals surface area contributed by atoms with Gasteiger partial charge in [0.15, 0.2) is 12.1 Å². The van der Waals surface area contributed by atoms with Gasteiger partial charge in [0.05, 0.1) is 49.7 Å². The van der Waals surface area contributed by atoms with E-state index in [0.29, 0.717) is 24.3 Å². The number of piperidine rings is 1. The van der Waals surface area contributed by atoms with Crippen LogP contribution in [0.3, 0.4) is 0 Å². The number of nitrogens with zero attached hydrogens (tertiary/aromatic N) is 2. The lowest BCUT2D eigenvalue weighted by molar-refractivity contribution is -0.255. The smallest absolute Gasteiger partial charge is 0.261 e. The molecule has 1 spiro atoms. The largest absolute Gasteiger partial charge is 0.392 e. The number of rotatable bonds is 8. The highest BCUT2D eigenvalue weighted by molar-refractivity contribution is 6.21. The van der Waals surface area contributed by atoms with Crippen molar-refractivity contribution in [3.63, 3.8) is 0 Å². The summed E-state index contributed by atoms with van der Waals surface area (Å²) in [4.78, 5) is 29.6. The summed E-state index contributed by atoms with van der Waals surface area (Å²) in [5.41, 5.74) is 6.64. The Bertz CT molecular complexity index is 1770. The van der Waals surface area contributed by atoms with Gasteiger partial charge in [-0.15, -0.1) is 0 Å². The molecule has 2 amide bonds. The van der Waals surface area contributed by atoms with Gasteiger partial charge in [0.1, 0.15) is 0 Å². The van der Waals surface area contributed by atoms with Crippen LogP contribution >= 0.6 is 0 Å². The molecule has 4 aromatic rings. The molecule has 49 heavy (non-hydrogen) atoms. The van der Waals surface area contributed by atoms with Crippen LogP contribution < -0.4 is 0 Å². The quantitative estimate of drug-likeness (QED) is 0.229. The zero-order valence-corrected chi connectivity index (χ0v) is 27.3. The van der Waals surface area contributed by atoms with Gasteiger partial charge in [-0.1, -0.05) is 78.9 Å². The summed E-state index contributed by atoms with van der Waals surface area (Å²) in [5.74, 6) is -0.933. The Morgan fingerprint density at radius 3 is 2.06 bits per heavy atom. The zero-order valence-electron chi connectivity index (χ0n) is 27.3. The number of fused-ring (bicyclic) bond motifs is 1. The Labute approximate surface area is 286 Å². The van der Waals surface area contributed by atoms with Gasteiger partial charge in [0.2, 0.25) is 0 Å². The molecule has 0 bridgehead atoms. The van der Waals surface area contributed by atoms with E-state index in [2.05, 4.69) is 17.0 Å². The number of aliphatic hydroxyl groups excluding tert-OH is 1. The monoisotopic (exact) mass is 660 g/mol. The van der Waals surface area contributed by atoms with Crippen LogP contribution in [0.25, 0.3) is 11.1 Å². The maximum atomic E-state index is 12.9. The SMILES string of the molecule is O=C1c2ccccc2C(=O)N1Cc1cccc(-c2ccc([C@H]3O[C@@H](CN4CCC5(CC4)OCCO5)C[C@@H](c4ccc(CO)cc4)O3)cc2)c1. The van der Waals surface area contributed by atoms with Gasteiger partial charge in [-0.2, -0.15) is 0 Å². The summed E-state index contributed by atoms with van der Waals surface area (Å²) in [6, 6.07) is 31.1. The number of aliphatic hydroxyl groups is 1. The van der Waals surface area contributed by atoms with Crippen molar-refractivity contribution in [3.05, 3.63) is 130 Å². The fourth-order valence-corrected chi connectivity index (χ4v) is 7.43. The van der Waals surface area contributed by atoms with Crippen molar-refractivity contribution >= 4 is 11.8 Å². The number of hydrogen-bond acceptors (Lipinski definition) is 8. The molecule has 0 aliphatic carbocycles. The van der Waals surface area contributed by atoms with Crippen molar-refractivity contribution in [2.75, 3.05) is 32.8 Å². The first-order chi connectivity index (χ1) is 24.0. The molecule has 8 rings (SSSR count). The molecule has 4 aliphatic heterocycles. The highest BCUT2D eigenvalue weighted by atomic mass is 16.7. The van der Waals surface area contributed by atoms with Gasteiger partial charge in [0.25, 0.3) is 11.8 Å². The molecule has 0 aromatic heterocycles. The number of hydrogen-bond donors (Lipinski definition) is 1. The summed E-state index contributed by atoms with van der Waals surface area (Å²) in [7, 11) is 0. The average Bonchev–Trinajstić information content (AvgIpc) is 3.71. The summed E-state index contributed by atoms with van der Waals surface area (Å²) in [5, 5.41) is 9.57. The number of amides is 2. The molecule has 0 unspecified atom stereocenters. The molecule has 4 heterocycles. The minimum atomic E-state index is -0.548. The minimum absolute atomic E-state index is 0.00205. The van der Waals surface area contributed by atoms with Crippen LogP contribution in [0.5, 0.6) is 0 Å². The molecule has 0 radical (unpaired) electrons. The Kier molecular flexibility index (Phi) is 8.88. The fourth-order valence-electron chi connectivity index (χ4n) is 7.43. The predicted molar refractivity (Wildman–Crippen MR) is 181 cm³/mol. The zero-order chi connectivity index (χ0) is 33.4. The number of carbonyl (C=O) groups is 2. The van der Waals surface area contributed by atoms with Crippen molar-refractivity contribution in [3.8, 4) is 11.1 Å². The van der Waals surface area contributed by atoms with Crippen molar-refractivity contribution in [1.29, 1.82) is 0 Å². The topological polar surface area (TPSA) is 97.8 Å². The van der Waals surface area contributed by atoms with Crippen molar-refractivity contribution in [1.82, 2.24) is 9.80 Å². The number of imide groups is 1. The Balaban J connectivity index is 0.976. The highest BCUT2D eigenvalue weighted by Crippen LogP contribution is 2.40. The summed E-state index contributed by atoms with van der Waals surface area (Å²) < 4.78 is 25.1. The molecular formula is C40H40N2O7. The van der Waals surface area contributed by atoms with Gasteiger partial charge >= 0.3 is 0 Å². The van der Waals surface area contributed by atoms with E-state index in [9.17, 15) is 14.7 Å². The van der Waals surface area contributed by atoms with E-state index in [-0.39, 0.29) is 37.2 Å². The lowest BCUT2D eigenvalue weighted by atomic mass is 9.98. The third-order valence-electron chi connectivity index (χ3n) is 10.2. The van der Waals surface area contributed by atoms with E-state index < -0.39 is 12.1 Å². The van der Waals surface area contributed by atoms with E-state index in [0.717, 1.165) is 72.3 Å². The van der Waals surface area contributed by atoms with Gasteiger partial charge < -0.3 is 29.0 Å². The number of ether oxygens (including phenoxy) is 4. The Morgan fingerprint density at radius 1 is 0.714 bits per heavy atom. The Hall–Kier alpha value is -4.22. The molecule has 3 fully saturated rings. The summed E-state index contributed by atoms with van der Waals surface area (Å²) in [6.07, 6.45) is 1.68. The van der Waals surface area contributed by atoms with E-state index in [1.807, 2.05) is 60.7 Å². The van der Waals surface area contributed by atoms with Crippen molar-refractivity contribution in [2.45, 2.75) is 56.7 Å². The van der Waals surface area contributed by atoms with Crippen LogP contribution in [0.2, 0.25) is 0 Å². The van der Waals surface area contributed by atoms with Crippen LogP contribution in [0.15, 0.2) is 97.1 Å². The van der Waals surface area contributed by atoms with Gasteiger partial charge in [-0.05, 0) is 46.0 Å². The van der Waals surface area contributed by atoms with Crippen LogP contribution in [0.1, 0.15) is 74.6 Å². The van der Waals surface area contributed by atoms with Crippen LogP contribution in [-0.4, -0.2) is 71.5 Å².